The van der Waals surface area contributed by atoms with Gasteiger partial charge in [0.25, 0.3) is 0 Å². The first-order valence-electron chi connectivity index (χ1n) is 15.7. The molecule has 0 fully saturated rings. The molecule has 3 aromatic rings. The molecule has 5 rings (SSSR count). The van der Waals surface area contributed by atoms with Gasteiger partial charge in [-0.2, -0.15) is 0 Å². The summed E-state index contributed by atoms with van der Waals surface area (Å²) in [4.78, 5) is 18.2. The number of hydrogen-bond acceptors (Lipinski definition) is 2. The third kappa shape index (κ3) is 6.88. The smallest absolute Gasteiger partial charge is 1.00 e. The number of aryl methyl sites for hydroxylation is 4. The molecule has 3 aromatic heterocycles. The van der Waals surface area contributed by atoms with Crippen LogP contribution in [0.1, 0.15) is 126 Å². The zero-order chi connectivity index (χ0) is 28.6. The van der Waals surface area contributed by atoms with E-state index < -0.39 is 0 Å². The second-order valence-corrected chi connectivity index (χ2v) is 10.9. The quantitative estimate of drug-likeness (QED) is 0.347. The molecule has 8 bridgehead atoms. The minimum absolute atomic E-state index is 0. The van der Waals surface area contributed by atoms with Crippen molar-refractivity contribution >= 4 is 44.4 Å². The summed E-state index contributed by atoms with van der Waals surface area (Å²) in [6.45, 7) is 18.1. The molecular weight excluding hydrogens is 650 g/mol. The van der Waals surface area contributed by atoms with Gasteiger partial charge in [0.05, 0.1) is 22.8 Å². The first-order valence-corrected chi connectivity index (χ1v) is 15.7. The molecule has 0 aliphatic carbocycles. The van der Waals surface area contributed by atoms with Gasteiger partial charge in [0.15, 0.2) is 0 Å². The van der Waals surface area contributed by atoms with Crippen LogP contribution in [0, 0.1) is 0 Å². The third-order valence-electron chi connectivity index (χ3n) is 8.97. The molecule has 0 saturated heterocycles. The van der Waals surface area contributed by atoms with Crippen LogP contribution in [-0.4, -0.2) is 19.9 Å². The van der Waals surface area contributed by atoms with E-state index in [0.717, 1.165) is 74.1 Å². The van der Waals surface area contributed by atoms with Crippen molar-refractivity contribution in [2.75, 3.05) is 0 Å². The van der Waals surface area contributed by atoms with Crippen molar-refractivity contribution in [1.29, 1.82) is 0 Å². The zero-order valence-corrected chi connectivity index (χ0v) is 30.8. The summed E-state index contributed by atoms with van der Waals surface area (Å²) >= 11 is 0. The van der Waals surface area contributed by atoms with Crippen molar-refractivity contribution in [2.24, 2.45) is 0 Å². The maximum atomic E-state index is 5.28. The number of rotatable bonds is 8. The Morgan fingerprint density at radius 1 is 0.386 bits per heavy atom. The van der Waals surface area contributed by atoms with Crippen LogP contribution in [0.5, 0.6) is 0 Å². The Kier molecular flexibility index (Phi) is 15.5. The van der Waals surface area contributed by atoms with Gasteiger partial charge in [-0.1, -0.05) is 55.4 Å². The molecule has 2 aliphatic rings. The van der Waals surface area contributed by atoms with Crippen LogP contribution in [0.3, 0.4) is 0 Å². The fourth-order valence-electron chi connectivity index (χ4n) is 7.10. The van der Waals surface area contributed by atoms with Crippen molar-refractivity contribution in [3.8, 4) is 0 Å². The molecule has 4 nitrogen and oxygen atoms in total. The third-order valence-corrected chi connectivity index (χ3v) is 8.97. The summed E-state index contributed by atoms with van der Waals surface area (Å²) in [5.74, 6) is 0. The van der Waals surface area contributed by atoms with Crippen LogP contribution in [0.25, 0.3) is 44.4 Å². The number of fused-ring (bicyclic) bond motifs is 8. The number of nitrogens with one attached hydrogen (secondary N) is 2. The molecule has 0 amide bonds. The molecule has 0 unspecified atom stereocenters. The average Bonchev–Trinajstić information content (AvgIpc) is 3.67. The Bertz CT molecular complexity index is 1570. The Labute approximate surface area is 293 Å². The van der Waals surface area contributed by atoms with Crippen LogP contribution in [0.4, 0.5) is 0 Å². The summed E-state index contributed by atoms with van der Waals surface area (Å²) in [7, 11) is 0. The SMILES string of the molecule is CCC1=C(CC)c2cc3[nH]c(cc4[nH]c(cc5nc(cc1n2)C(CC)=C5CC)c(CC)c4CC)c(CC)c3CC.[Cl-].[Cl-].[Cl-].[Mn+3]. The molecule has 8 heteroatoms. The van der Waals surface area contributed by atoms with Gasteiger partial charge in [0, 0.05) is 22.1 Å². The topological polar surface area (TPSA) is 57.4 Å². The molecule has 0 atom stereocenters. The van der Waals surface area contributed by atoms with E-state index in [4.69, 9.17) is 9.97 Å². The van der Waals surface area contributed by atoms with E-state index in [1.54, 1.807) is 0 Å². The van der Waals surface area contributed by atoms with Gasteiger partial charge in [-0.25, -0.2) is 9.97 Å². The summed E-state index contributed by atoms with van der Waals surface area (Å²) in [6, 6.07) is 9.24. The first kappa shape index (κ1) is 40.0. The maximum absolute atomic E-state index is 5.28. The first-order chi connectivity index (χ1) is 19.5. The van der Waals surface area contributed by atoms with E-state index in [0.29, 0.717) is 0 Å². The zero-order valence-electron chi connectivity index (χ0n) is 27.4. The summed E-state index contributed by atoms with van der Waals surface area (Å²) < 4.78 is 0. The van der Waals surface area contributed by atoms with Crippen LogP contribution in [0.2, 0.25) is 0 Å². The number of hydrogen-bond donors (Lipinski definition) is 2. The van der Waals surface area contributed by atoms with Crippen molar-refractivity contribution in [3.63, 3.8) is 0 Å². The van der Waals surface area contributed by atoms with Crippen molar-refractivity contribution < 1.29 is 54.3 Å². The summed E-state index contributed by atoms with van der Waals surface area (Å²) in [5, 5.41) is 0. The van der Waals surface area contributed by atoms with E-state index in [-0.39, 0.29) is 54.3 Å². The van der Waals surface area contributed by atoms with Crippen LogP contribution in [0.15, 0.2) is 24.3 Å². The number of allylic oxidation sites excluding steroid dienone is 4. The molecule has 0 saturated carbocycles. The molecule has 44 heavy (non-hydrogen) atoms. The van der Waals surface area contributed by atoms with Crippen LogP contribution in [-0.2, 0) is 42.8 Å². The van der Waals surface area contributed by atoms with Gasteiger partial charge >= 0.3 is 17.1 Å². The molecular formula is C36H46Cl3MnN4. The Balaban J connectivity index is 0.00000242. The number of aromatic amines is 2. The Morgan fingerprint density at radius 3 is 0.886 bits per heavy atom. The normalized spacial score (nSPS) is 12.4. The maximum Gasteiger partial charge on any atom is 3.00 e. The minimum atomic E-state index is 0. The second kappa shape index (κ2) is 17.1. The van der Waals surface area contributed by atoms with Crippen LogP contribution >= 0.6 is 0 Å². The monoisotopic (exact) mass is 694 g/mol. The fraction of sp³-hybridized carbons (Fsp3) is 0.444. The molecule has 5 heterocycles. The summed E-state index contributed by atoms with van der Waals surface area (Å²) in [6.07, 6.45) is 7.84. The predicted octanol–water partition coefficient (Wildman–Crippen LogP) is 1.04. The minimum Gasteiger partial charge on any atom is -1.00 e. The van der Waals surface area contributed by atoms with Crippen molar-refractivity contribution in [1.82, 2.24) is 19.9 Å². The Hall–Kier alpha value is -2.01. The molecule has 0 spiro atoms. The predicted molar refractivity (Wildman–Crippen MR) is 173 cm³/mol. The molecule has 2 aliphatic heterocycles. The van der Waals surface area contributed by atoms with Crippen molar-refractivity contribution in [3.05, 3.63) is 69.3 Å². The fourth-order valence-corrected chi connectivity index (χ4v) is 7.10. The van der Waals surface area contributed by atoms with E-state index in [2.05, 4.69) is 89.6 Å². The largest absolute Gasteiger partial charge is 3.00 e. The molecule has 238 valence electrons. The standard InChI is InChI=1S/C36H46N4.3ClH.Mn/c1-9-21-22(10-2)30-18-32-25(13-5)26(14-6)34(39-32)20-36-28(16-8)27(15-7)35(40-36)19-33-24(12-4)23(11-3)31(38-33)17-29(21)37-30;;;;/h17-20,37-38H,9-16H2,1-8H3;3*1H;/q;;;;+3/p-3. The van der Waals surface area contributed by atoms with Crippen LogP contribution < -0.4 is 37.2 Å². The molecule has 2 N–H and O–H groups in total. The Morgan fingerprint density at radius 2 is 0.636 bits per heavy atom. The molecule has 0 aromatic carbocycles. The van der Waals surface area contributed by atoms with E-state index in [1.807, 2.05) is 0 Å². The van der Waals surface area contributed by atoms with Gasteiger partial charge in [-0.15, -0.1) is 0 Å². The average molecular weight is 696 g/mol. The van der Waals surface area contributed by atoms with E-state index in [1.165, 1.54) is 66.6 Å². The number of aromatic nitrogens is 4. The second-order valence-electron chi connectivity index (χ2n) is 10.9. The van der Waals surface area contributed by atoms with E-state index in [9.17, 15) is 0 Å². The van der Waals surface area contributed by atoms with Gasteiger partial charge in [-0.05, 0) is 120 Å². The van der Waals surface area contributed by atoms with Crippen molar-refractivity contribution in [2.45, 2.75) is 107 Å². The molecule has 0 radical (unpaired) electrons. The van der Waals surface area contributed by atoms with Gasteiger partial charge in [-0.3, -0.25) is 0 Å². The summed E-state index contributed by atoms with van der Waals surface area (Å²) in [5.41, 5.74) is 20.2. The van der Waals surface area contributed by atoms with E-state index >= 15 is 0 Å². The van der Waals surface area contributed by atoms with Gasteiger partial charge < -0.3 is 47.2 Å². The van der Waals surface area contributed by atoms with Gasteiger partial charge in [0.1, 0.15) is 0 Å². The van der Waals surface area contributed by atoms with Gasteiger partial charge in [0.2, 0.25) is 0 Å². The number of H-pyrrole nitrogens is 2. The number of halogens is 3. The number of nitrogens with zero attached hydrogens (tertiary/aromatic N) is 2.